The van der Waals surface area contributed by atoms with Gasteiger partial charge in [-0.25, -0.2) is 0 Å². The van der Waals surface area contributed by atoms with Crippen LogP contribution in [0.4, 0.5) is 0 Å². The minimum atomic E-state index is 1.02. The molecule has 0 aromatic carbocycles. The van der Waals surface area contributed by atoms with Gasteiger partial charge < -0.3 is 4.90 Å². The van der Waals surface area contributed by atoms with Crippen LogP contribution in [0.15, 0.2) is 11.0 Å². The molecule has 1 aliphatic carbocycles. The summed E-state index contributed by atoms with van der Waals surface area (Å²) in [5, 5.41) is 0. The van der Waals surface area contributed by atoms with Gasteiger partial charge in [-0.05, 0) is 38.0 Å². The minimum Gasteiger partial charge on any atom is -0.358 e. The lowest BCUT2D eigenvalue weighted by molar-refractivity contribution is 0.482. The van der Waals surface area contributed by atoms with Gasteiger partial charge in [-0.2, -0.15) is 0 Å². The summed E-state index contributed by atoms with van der Waals surface area (Å²) in [5.74, 6) is 0. The van der Waals surface area contributed by atoms with E-state index in [1.54, 1.807) is 11.8 Å². The Kier molecular flexibility index (Phi) is 4.81. The number of thiocarbonyl (C=S) groups is 1. The van der Waals surface area contributed by atoms with Gasteiger partial charge in [0.25, 0.3) is 0 Å². The molecule has 0 amide bonds. The molecule has 0 N–H and O–H groups in total. The first-order valence-electron chi connectivity index (χ1n) is 4.93. The van der Waals surface area contributed by atoms with Gasteiger partial charge in [0.2, 0.25) is 0 Å². The SMILES string of the molecule is CCN(CC)C(=S)SC1=CCCC1. The summed E-state index contributed by atoms with van der Waals surface area (Å²) in [6.45, 7) is 6.35. The Labute approximate surface area is 90.6 Å². The Balaban J connectivity index is 2.39. The fourth-order valence-electron chi connectivity index (χ4n) is 1.39. The fourth-order valence-corrected chi connectivity index (χ4v) is 3.03. The molecule has 0 heterocycles. The van der Waals surface area contributed by atoms with Crippen molar-refractivity contribution in [1.29, 1.82) is 0 Å². The first-order chi connectivity index (χ1) is 6.27. The van der Waals surface area contributed by atoms with Gasteiger partial charge in [-0.3, -0.25) is 0 Å². The predicted octanol–water partition coefficient (Wildman–Crippen LogP) is 3.41. The van der Waals surface area contributed by atoms with Crippen LogP contribution in [-0.4, -0.2) is 22.3 Å². The number of rotatable bonds is 3. The van der Waals surface area contributed by atoms with E-state index in [9.17, 15) is 0 Å². The summed E-state index contributed by atoms with van der Waals surface area (Å²) in [6.07, 6.45) is 6.10. The van der Waals surface area contributed by atoms with E-state index in [4.69, 9.17) is 12.2 Å². The summed E-state index contributed by atoms with van der Waals surface area (Å²) in [7, 11) is 0. The molecule has 0 unspecified atom stereocenters. The third-order valence-electron chi connectivity index (χ3n) is 2.24. The van der Waals surface area contributed by atoms with Gasteiger partial charge in [-0.15, -0.1) is 0 Å². The summed E-state index contributed by atoms with van der Waals surface area (Å²) >= 11 is 7.14. The maximum atomic E-state index is 5.36. The molecule has 1 nitrogen and oxygen atoms in total. The molecular weight excluding hydrogens is 198 g/mol. The Hall–Kier alpha value is -0.0200. The van der Waals surface area contributed by atoms with Crippen LogP contribution >= 0.6 is 24.0 Å². The van der Waals surface area contributed by atoms with Gasteiger partial charge in [0.15, 0.2) is 0 Å². The Morgan fingerprint density at radius 1 is 1.54 bits per heavy atom. The zero-order valence-electron chi connectivity index (χ0n) is 8.38. The van der Waals surface area contributed by atoms with Crippen molar-refractivity contribution in [1.82, 2.24) is 4.90 Å². The lowest BCUT2D eigenvalue weighted by Gasteiger charge is -2.20. The maximum absolute atomic E-state index is 5.36. The maximum Gasteiger partial charge on any atom is 0.140 e. The lowest BCUT2D eigenvalue weighted by atomic mass is 10.4. The van der Waals surface area contributed by atoms with Gasteiger partial charge >= 0.3 is 0 Å². The van der Waals surface area contributed by atoms with Crippen LogP contribution in [0.1, 0.15) is 33.1 Å². The third-order valence-corrected chi connectivity index (χ3v) is 3.81. The van der Waals surface area contributed by atoms with E-state index in [2.05, 4.69) is 24.8 Å². The molecule has 13 heavy (non-hydrogen) atoms. The molecule has 0 saturated heterocycles. The summed E-state index contributed by atoms with van der Waals surface area (Å²) in [6, 6.07) is 0. The van der Waals surface area contributed by atoms with Crippen LogP contribution in [0.3, 0.4) is 0 Å². The number of hydrogen-bond acceptors (Lipinski definition) is 2. The van der Waals surface area contributed by atoms with Crippen LogP contribution in [-0.2, 0) is 0 Å². The summed E-state index contributed by atoms with van der Waals surface area (Å²) < 4.78 is 1.04. The molecule has 0 spiro atoms. The average molecular weight is 215 g/mol. The molecular formula is C10H17NS2. The highest BCUT2D eigenvalue weighted by Gasteiger charge is 2.11. The van der Waals surface area contributed by atoms with E-state index in [1.807, 2.05) is 0 Å². The van der Waals surface area contributed by atoms with Gasteiger partial charge in [0, 0.05) is 13.1 Å². The van der Waals surface area contributed by atoms with Gasteiger partial charge in [0.1, 0.15) is 4.32 Å². The van der Waals surface area contributed by atoms with Crippen molar-refractivity contribution in [3.8, 4) is 0 Å². The van der Waals surface area contributed by atoms with Crippen molar-refractivity contribution < 1.29 is 0 Å². The van der Waals surface area contributed by atoms with Crippen LogP contribution < -0.4 is 0 Å². The number of nitrogens with zero attached hydrogens (tertiary/aromatic N) is 1. The first-order valence-corrected chi connectivity index (χ1v) is 6.16. The minimum absolute atomic E-state index is 1.02. The van der Waals surface area contributed by atoms with Crippen LogP contribution in [0.25, 0.3) is 0 Å². The van der Waals surface area contributed by atoms with Crippen LogP contribution in [0.2, 0.25) is 0 Å². The molecule has 0 bridgehead atoms. The van der Waals surface area contributed by atoms with Gasteiger partial charge in [0.05, 0.1) is 0 Å². The molecule has 0 aliphatic heterocycles. The molecule has 0 aromatic heterocycles. The van der Waals surface area contributed by atoms with E-state index < -0.39 is 0 Å². The van der Waals surface area contributed by atoms with E-state index in [1.165, 1.54) is 24.2 Å². The Morgan fingerprint density at radius 3 is 2.69 bits per heavy atom. The largest absolute Gasteiger partial charge is 0.358 e. The fraction of sp³-hybridized carbons (Fsp3) is 0.700. The molecule has 0 saturated carbocycles. The second-order valence-electron chi connectivity index (χ2n) is 3.10. The van der Waals surface area contributed by atoms with Crippen molar-refractivity contribution in [2.45, 2.75) is 33.1 Å². The van der Waals surface area contributed by atoms with Crippen molar-refractivity contribution in [3.63, 3.8) is 0 Å². The normalized spacial score (nSPS) is 15.7. The Morgan fingerprint density at radius 2 is 2.23 bits per heavy atom. The van der Waals surface area contributed by atoms with Crippen molar-refractivity contribution in [2.75, 3.05) is 13.1 Å². The number of hydrogen-bond donors (Lipinski definition) is 0. The molecule has 0 radical (unpaired) electrons. The second-order valence-corrected chi connectivity index (χ2v) is 4.86. The molecule has 0 aromatic rings. The van der Waals surface area contributed by atoms with E-state index in [0.29, 0.717) is 0 Å². The smallest absolute Gasteiger partial charge is 0.140 e. The zero-order valence-corrected chi connectivity index (χ0v) is 10.0. The number of allylic oxidation sites excluding steroid dienone is 2. The highest BCUT2D eigenvalue weighted by atomic mass is 32.2. The quantitative estimate of drug-likeness (QED) is 0.664. The third kappa shape index (κ3) is 3.31. The molecule has 74 valence electrons. The van der Waals surface area contributed by atoms with Crippen LogP contribution in [0.5, 0.6) is 0 Å². The van der Waals surface area contributed by atoms with Crippen molar-refractivity contribution >= 4 is 28.3 Å². The van der Waals surface area contributed by atoms with E-state index in [0.717, 1.165) is 17.4 Å². The monoisotopic (exact) mass is 215 g/mol. The van der Waals surface area contributed by atoms with E-state index in [-0.39, 0.29) is 0 Å². The average Bonchev–Trinajstić information content (AvgIpc) is 2.59. The molecule has 0 atom stereocenters. The van der Waals surface area contributed by atoms with Crippen molar-refractivity contribution in [3.05, 3.63) is 11.0 Å². The lowest BCUT2D eigenvalue weighted by Crippen LogP contribution is -2.26. The standard InChI is InChI=1S/C10H17NS2/c1-3-11(4-2)10(12)13-9-7-5-6-8-9/h7H,3-6,8H2,1-2H3. The topological polar surface area (TPSA) is 3.24 Å². The summed E-state index contributed by atoms with van der Waals surface area (Å²) in [5.41, 5.74) is 0. The zero-order chi connectivity index (χ0) is 9.68. The summed E-state index contributed by atoms with van der Waals surface area (Å²) in [4.78, 5) is 3.70. The number of thioether (sulfide) groups is 1. The van der Waals surface area contributed by atoms with Gasteiger partial charge in [-0.1, -0.05) is 30.1 Å². The second kappa shape index (κ2) is 5.66. The molecule has 3 heteroatoms. The predicted molar refractivity (Wildman–Crippen MR) is 65.0 cm³/mol. The Bertz CT molecular complexity index is 207. The van der Waals surface area contributed by atoms with E-state index >= 15 is 0 Å². The van der Waals surface area contributed by atoms with Crippen LogP contribution in [0, 0.1) is 0 Å². The molecule has 1 aliphatic rings. The highest BCUT2D eigenvalue weighted by molar-refractivity contribution is 8.25. The molecule has 0 fully saturated rings. The highest BCUT2D eigenvalue weighted by Crippen LogP contribution is 2.30. The molecule has 1 rings (SSSR count). The first kappa shape index (κ1) is 11.1. The van der Waals surface area contributed by atoms with Crippen molar-refractivity contribution in [2.24, 2.45) is 0 Å².